The smallest absolute Gasteiger partial charge is 0.475 e. The van der Waals surface area contributed by atoms with Crippen molar-refractivity contribution in [1.82, 2.24) is 19.8 Å². The third kappa shape index (κ3) is 6.23. The van der Waals surface area contributed by atoms with E-state index in [0.29, 0.717) is 12.3 Å². The number of aliphatic carboxylic acids is 1. The van der Waals surface area contributed by atoms with Crippen LogP contribution in [-0.4, -0.2) is 61.6 Å². The molecule has 0 saturated carbocycles. The van der Waals surface area contributed by atoms with E-state index in [-0.39, 0.29) is 5.54 Å². The molecule has 7 nitrogen and oxygen atoms in total. The van der Waals surface area contributed by atoms with Crippen LogP contribution >= 0.6 is 22.7 Å². The Kier molecular flexibility index (Phi) is 7.65. The number of carboxylic acid groups (broad SMARTS) is 1. The van der Waals surface area contributed by atoms with Crippen LogP contribution in [0.25, 0.3) is 0 Å². The number of carboxylic acids is 1. The van der Waals surface area contributed by atoms with Crippen molar-refractivity contribution in [1.29, 1.82) is 0 Å². The van der Waals surface area contributed by atoms with Crippen molar-refractivity contribution in [3.05, 3.63) is 33.2 Å². The van der Waals surface area contributed by atoms with E-state index in [9.17, 15) is 18.0 Å². The monoisotopic (exact) mass is 476 g/mol. The first-order valence-corrected chi connectivity index (χ1v) is 11.5. The lowest BCUT2D eigenvalue weighted by Gasteiger charge is -2.38. The summed E-state index contributed by atoms with van der Waals surface area (Å²) in [6.45, 7) is 3.82. The Bertz CT molecular complexity index is 861. The van der Waals surface area contributed by atoms with Crippen LogP contribution in [0.1, 0.15) is 42.0 Å². The van der Waals surface area contributed by atoms with E-state index in [0.717, 1.165) is 51.9 Å². The molecule has 2 fully saturated rings. The third-order valence-corrected chi connectivity index (χ3v) is 7.10. The average molecular weight is 477 g/mol. The fourth-order valence-corrected chi connectivity index (χ4v) is 5.28. The number of thiazole rings is 2. The third-order valence-electron chi connectivity index (χ3n) is 5.57. The molecule has 1 atom stereocenters. The topological polar surface area (TPSA) is 86.6 Å². The molecule has 31 heavy (non-hydrogen) atoms. The van der Waals surface area contributed by atoms with Gasteiger partial charge in [0.1, 0.15) is 5.01 Å². The summed E-state index contributed by atoms with van der Waals surface area (Å²) in [6, 6.07) is 0. The predicted octanol–water partition coefficient (Wildman–Crippen LogP) is 3.78. The Morgan fingerprint density at radius 1 is 1.19 bits per heavy atom. The fraction of sp³-hybridized carbons (Fsp3) is 0.579. The van der Waals surface area contributed by atoms with Crippen LogP contribution < -0.4 is 0 Å². The lowest BCUT2D eigenvalue weighted by molar-refractivity contribution is -0.192. The maximum absolute atomic E-state index is 12.5. The van der Waals surface area contributed by atoms with Gasteiger partial charge >= 0.3 is 12.1 Å². The second kappa shape index (κ2) is 10.0. The molecular formula is C19H23F3N4O3S2. The Morgan fingerprint density at radius 2 is 1.97 bits per heavy atom. The molecule has 2 aromatic heterocycles. The number of rotatable bonds is 4. The van der Waals surface area contributed by atoms with Crippen molar-refractivity contribution in [2.75, 3.05) is 13.1 Å². The number of amides is 1. The highest BCUT2D eigenvalue weighted by molar-refractivity contribution is 7.09. The van der Waals surface area contributed by atoms with E-state index < -0.39 is 12.1 Å². The van der Waals surface area contributed by atoms with Gasteiger partial charge in [-0.15, -0.1) is 22.7 Å². The molecule has 4 rings (SSSR count). The summed E-state index contributed by atoms with van der Waals surface area (Å²) in [4.78, 5) is 35.8. The summed E-state index contributed by atoms with van der Waals surface area (Å²) < 4.78 is 31.7. The molecule has 0 aromatic carbocycles. The lowest BCUT2D eigenvalue weighted by Crippen LogP contribution is -2.45. The summed E-state index contributed by atoms with van der Waals surface area (Å²) in [6.07, 6.45) is 3.74. The SMILES string of the molecule is O=C(O)C(F)(F)F.O=C1CCC2(CCCN(Cc3nccs3)CC2)N1Cc1cncs1. The number of halogens is 3. The van der Waals surface area contributed by atoms with Crippen molar-refractivity contribution < 1.29 is 27.9 Å². The highest BCUT2D eigenvalue weighted by atomic mass is 32.1. The molecule has 12 heteroatoms. The predicted molar refractivity (Wildman–Crippen MR) is 110 cm³/mol. The van der Waals surface area contributed by atoms with Crippen molar-refractivity contribution in [2.45, 2.75) is 56.9 Å². The Balaban J connectivity index is 0.000000339. The van der Waals surface area contributed by atoms with E-state index in [4.69, 9.17) is 9.90 Å². The molecule has 170 valence electrons. The zero-order valence-corrected chi connectivity index (χ0v) is 18.3. The second-order valence-electron chi connectivity index (χ2n) is 7.53. The van der Waals surface area contributed by atoms with Gasteiger partial charge in [0.15, 0.2) is 0 Å². The number of likely N-dealkylation sites (tertiary alicyclic amines) is 2. The maximum atomic E-state index is 12.5. The summed E-state index contributed by atoms with van der Waals surface area (Å²) in [5.41, 5.74) is 1.91. The van der Waals surface area contributed by atoms with E-state index in [1.165, 1.54) is 9.88 Å². The number of alkyl halides is 3. The Labute approximate surface area is 185 Å². The molecule has 0 radical (unpaired) electrons. The van der Waals surface area contributed by atoms with Gasteiger partial charge in [0.05, 0.1) is 18.6 Å². The molecule has 2 saturated heterocycles. The molecule has 1 N–H and O–H groups in total. The largest absolute Gasteiger partial charge is 0.490 e. The van der Waals surface area contributed by atoms with E-state index in [1.54, 1.807) is 22.7 Å². The van der Waals surface area contributed by atoms with Gasteiger partial charge in [0, 0.05) is 41.2 Å². The summed E-state index contributed by atoms with van der Waals surface area (Å²) in [5, 5.41) is 10.4. The molecule has 0 aliphatic carbocycles. The minimum atomic E-state index is -5.08. The molecule has 1 unspecified atom stereocenters. The summed E-state index contributed by atoms with van der Waals surface area (Å²) >= 11 is 3.37. The molecule has 0 bridgehead atoms. The van der Waals surface area contributed by atoms with Crippen molar-refractivity contribution >= 4 is 34.6 Å². The first-order valence-electron chi connectivity index (χ1n) is 9.78. The standard InChI is InChI=1S/C17H22N4OS2.C2HF3O2/c22-16-2-4-17(21(16)11-14-10-18-13-24-14)3-1-7-20(8-5-17)12-15-19-6-9-23-15;3-2(4,5)1(6)7/h6,9-10,13H,1-5,7-8,11-12H2;(H,6,7). The molecule has 2 aromatic rings. The molecule has 1 spiro atoms. The molecule has 4 heterocycles. The van der Waals surface area contributed by atoms with E-state index >= 15 is 0 Å². The molecular weight excluding hydrogens is 453 g/mol. The fourth-order valence-electron chi connectivity index (χ4n) is 4.04. The van der Waals surface area contributed by atoms with Crippen LogP contribution in [0.4, 0.5) is 13.2 Å². The van der Waals surface area contributed by atoms with Gasteiger partial charge < -0.3 is 10.0 Å². The number of nitrogens with zero attached hydrogens (tertiary/aromatic N) is 4. The molecule has 2 aliphatic heterocycles. The van der Waals surface area contributed by atoms with Crippen molar-refractivity contribution in [3.8, 4) is 0 Å². The van der Waals surface area contributed by atoms with Gasteiger partial charge in [-0.2, -0.15) is 13.2 Å². The quantitative estimate of drug-likeness (QED) is 0.723. The highest BCUT2D eigenvalue weighted by Crippen LogP contribution is 2.40. The van der Waals surface area contributed by atoms with Gasteiger partial charge in [0.2, 0.25) is 5.91 Å². The van der Waals surface area contributed by atoms with E-state index in [1.807, 2.05) is 23.3 Å². The van der Waals surface area contributed by atoms with Crippen LogP contribution in [-0.2, 0) is 22.7 Å². The number of hydrogen-bond acceptors (Lipinski definition) is 7. The van der Waals surface area contributed by atoms with Gasteiger partial charge in [-0.1, -0.05) is 0 Å². The normalized spacial score (nSPS) is 22.3. The van der Waals surface area contributed by atoms with Gasteiger partial charge in [-0.25, -0.2) is 9.78 Å². The summed E-state index contributed by atoms with van der Waals surface area (Å²) in [5.74, 6) is -2.44. The second-order valence-corrected chi connectivity index (χ2v) is 9.48. The van der Waals surface area contributed by atoms with Gasteiger partial charge in [0.25, 0.3) is 0 Å². The van der Waals surface area contributed by atoms with Crippen LogP contribution in [0.5, 0.6) is 0 Å². The molecule has 2 aliphatic rings. The zero-order valence-electron chi connectivity index (χ0n) is 16.7. The number of hydrogen-bond donors (Lipinski definition) is 1. The zero-order chi connectivity index (χ0) is 22.5. The van der Waals surface area contributed by atoms with Crippen LogP contribution in [0.15, 0.2) is 23.3 Å². The number of aromatic nitrogens is 2. The highest BCUT2D eigenvalue weighted by Gasteiger charge is 2.45. The number of carbonyl (C=O) groups excluding carboxylic acids is 1. The lowest BCUT2D eigenvalue weighted by atomic mass is 9.87. The van der Waals surface area contributed by atoms with Crippen LogP contribution in [0.3, 0.4) is 0 Å². The van der Waals surface area contributed by atoms with Crippen molar-refractivity contribution in [2.24, 2.45) is 0 Å². The Hall–Kier alpha value is -2.05. The van der Waals surface area contributed by atoms with Crippen molar-refractivity contribution in [3.63, 3.8) is 0 Å². The van der Waals surface area contributed by atoms with Gasteiger partial charge in [-0.3, -0.25) is 14.7 Å². The van der Waals surface area contributed by atoms with Gasteiger partial charge in [-0.05, 0) is 32.2 Å². The average Bonchev–Trinajstić information content (AvgIpc) is 3.43. The minimum absolute atomic E-state index is 0.0543. The molecule has 1 amide bonds. The summed E-state index contributed by atoms with van der Waals surface area (Å²) in [7, 11) is 0. The Morgan fingerprint density at radius 3 is 2.58 bits per heavy atom. The minimum Gasteiger partial charge on any atom is -0.475 e. The van der Waals surface area contributed by atoms with E-state index in [2.05, 4.69) is 19.8 Å². The van der Waals surface area contributed by atoms with Crippen LogP contribution in [0, 0.1) is 0 Å². The first-order chi connectivity index (χ1) is 14.7. The number of carbonyl (C=O) groups is 2. The van der Waals surface area contributed by atoms with Crippen LogP contribution in [0.2, 0.25) is 0 Å². The first kappa shape index (κ1) is 23.6. The maximum Gasteiger partial charge on any atom is 0.490 e.